The number of carbonyl (C=O) groups excluding carboxylic acids is 1. The summed E-state index contributed by atoms with van der Waals surface area (Å²) in [7, 11) is 0. The Balaban J connectivity index is 1.44. The summed E-state index contributed by atoms with van der Waals surface area (Å²) in [6.45, 7) is -0.554. The maximum atomic E-state index is 13.6. The number of nitrogens with one attached hydrogen (secondary N) is 1. The van der Waals surface area contributed by atoms with Crippen molar-refractivity contribution in [3.8, 4) is 5.75 Å². The third-order valence-corrected chi connectivity index (χ3v) is 7.91. The number of fused-ring (bicyclic) bond motifs is 1. The van der Waals surface area contributed by atoms with Gasteiger partial charge in [-0.25, -0.2) is 9.37 Å². The van der Waals surface area contributed by atoms with Gasteiger partial charge in [-0.3, -0.25) is 19.7 Å². The van der Waals surface area contributed by atoms with Gasteiger partial charge in [-0.05, 0) is 71.2 Å². The van der Waals surface area contributed by atoms with Gasteiger partial charge in [-0.1, -0.05) is 41.3 Å². The van der Waals surface area contributed by atoms with Crippen molar-refractivity contribution in [3.05, 3.63) is 101 Å². The predicted molar refractivity (Wildman–Crippen MR) is 164 cm³/mol. The molecule has 216 valence electrons. The Morgan fingerprint density at radius 2 is 1.95 bits per heavy atom. The van der Waals surface area contributed by atoms with Crippen molar-refractivity contribution in [2.75, 3.05) is 11.9 Å². The topological polar surface area (TPSA) is 129 Å². The van der Waals surface area contributed by atoms with E-state index in [1.807, 2.05) is 6.07 Å². The number of rotatable bonds is 8. The molecular formula is C29H24Br2FN5O5. The van der Waals surface area contributed by atoms with Crippen LogP contribution in [0.1, 0.15) is 49.4 Å². The van der Waals surface area contributed by atoms with Crippen LogP contribution in [-0.4, -0.2) is 33.3 Å². The van der Waals surface area contributed by atoms with Gasteiger partial charge in [0.05, 0.1) is 26.5 Å². The molecule has 1 aromatic heterocycles. The molecule has 0 atom stereocenters. The molecule has 0 unspecified atom stereocenters. The first-order chi connectivity index (χ1) is 20.2. The monoisotopic (exact) mass is 699 g/mol. The summed E-state index contributed by atoms with van der Waals surface area (Å²) in [5.74, 6) is -0.693. The van der Waals surface area contributed by atoms with Crippen molar-refractivity contribution < 1.29 is 18.8 Å². The maximum absolute atomic E-state index is 13.6. The molecule has 0 aliphatic heterocycles. The molecule has 1 N–H and O–H groups in total. The number of aromatic nitrogens is 2. The number of nitrogens with zero attached hydrogens (tertiary/aromatic N) is 4. The Bertz CT molecular complexity index is 1770. The number of hydrogen-bond acceptors (Lipinski definition) is 7. The van der Waals surface area contributed by atoms with Gasteiger partial charge >= 0.3 is 5.69 Å². The predicted octanol–water partition coefficient (Wildman–Crippen LogP) is 6.92. The Morgan fingerprint density at radius 3 is 2.69 bits per heavy atom. The normalized spacial score (nSPS) is 13.9. The fraction of sp³-hybridized carbons (Fsp3) is 0.241. The zero-order valence-corrected chi connectivity index (χ0v) is 25.2. The minimum Gasteiger partial charge on any atom is -0.476 e. The van der Waals surface area contributed by atoms with Crippen molar-refractivity contribution in [3.63, 3.8) is 0 Å². The molecule has 13 heteroatoms. The molecule has 4 aromatic rings. The van der Waals surface area contributed by atoms with Gasteiger partial charge in [-0.2, -0.15) is 9.78 Å². The van der Waals surface area contributed by atoms with Gasteiger partial charge in [-0.15, -0.1) is 0 Å². The molecule has 1 saturated carbocycles. The molecule has 10 nitrogen and oxygen atoms in total. The second-order valence-corrected chi connectivity index (χ2v) is 11.6. The zero-order valence-electron chi connectivity index (χ0n) is 22.1. The van der Waals surface area contributed by atoms with Gasteiger partial charge in [0, 0.05) is 27.7 Å². The number of anilines is 1. The molecule has 1 aliphatic rings. The highest BCUT2D eigenvalue weighted by molar-refractivity contribution is 9.10. The quantitative estimate of drug-likeness (QED) is 0.121. The van der Waals surface area contributed by atoms with E-state index < -0.39 is 28.9 Å². The van der Waals surface area contributed by atoms with E-state index in [4.69, 9.17) is 9.72 Å². The summed E-state index contributed by atoms with van der Waals surface area (Å²) in [5, 5.41) is 19.2. The number of halogens is 3. The number of carbonyl (C=O) groups is 1. The Hall–Kier alpha value is -3.97. The third kappa shape index (κ3) is 6.73. The standard InChI is InChI=1S/C29H24Br2FN5O5/c30-19-9-10-24-22(13-19)29(39)36(28(35-24)18-5-2-1-3-6-18)33-15-17-11-23(31)27(25(12-17)37(40)41)42-16-26(38)34-21-8-4-7-20(32)14-21/h4,7-15,18H,1-3,5-6,16H2,(H,34,38). The van der Waals surface area contributed by atoms with Crippen LogP contribution in [0, 0.1) is 15.9 Å². The second kappa shape index (κ2) is 12.9. The fourth-order valence-corrected chi connectivity index (χ4v) is 5.82. The van der Waals surface area contributed by atoms with Gasteiger partial charge in [0.1, 0.15) is 11.6 Å². The van der Waals surface area contributed by atoms with Crippen molar-refractivity contribution in [2.45, 2.75) is 38.0 Å². The number of nitro groups is 1. The summed E-state index contributed by atoms with van der Waals surface area (Å²) in [5.41, 5.74) is 0.375. The number of amides is 1. The Morgan fingerprint density at radius 1 is 1.17 bits per heavy atom. The molecule has 1 amide bonds. The van der Waals surface area contributed by atoms with E-state index in [-0.39, 0.29) is 27.4 Å². The van der Waals surface area contributed by atoms with Crippen LogP contribution in [0.2, 0.25) is 0 Å². The number of nitro benzene ring substituents is 1. The van der Waals surface area contributed by atoms with Gasteiger partial charge in [0.15, 0.2) is 6.61 Å². The molecule has 0 saturated heterocycles. The maximum Gasteiger partial charge on any atom is 0.312 e. The van der Waals surface area contributed by atoms with E-state index in [0.29, 0.717) is 22.3 Å². The van der Waals surface area contributed by atoms with E-state index in [2.05, 4.69) is 42.3 Å². The lowest BCUT2D eigenvalue weighted by Crippen LogP contribution is -2.25. The highest BCUT2D eigenvalue weighted by atomic mass is 79.9. The minimum absolute atomic E-state index is 0.0621. The zero-order chi connectivity index (χ0) is 29.8. The van der Waals surface area contributed by atoms with Crippen LogP contribution in [0.15, 0.2) is 73.4 Å². The van der Waals surface area contributed by atoms with Crippen LogP contribution in [0.5, 0.6) is 5.75 Å². The molecule has 0 radical (unpaired) electrons. The summed E-state index contributed by atoms with van der Waals surface area (Å²) in [6, 6.07) is 13.4. The highest BCUT2D eigenvalue weighted by Gasteiger charge is 2.24. The molecule has 1 fully saturated rings. The molecule has 1 heterocycles. The number of benzene rings is 3. The lowest BCUT2D eigenvalue weighted by molar-refractivity contribution is -0.385. The van der Waals surface area contributed by atoms with Crippen molar-refractivity contribution in [1.29, 1.82) is 0 Å². The van der Waals surface area contributed by atoms with Gasteiger partial charge < -0.3 is 10.1 Å². The first-order valence-electron chi connectivity index (χ1n) is 13.1. The lowest BCUT2D eigenvalue weighted by atomic mass is 9.88. The number of ether oxygens (including phenoxy) is 1. The van der Waals surface area contributed by atoms with Crippen molar-refractivity contribution in [2.24, 2.45) is 5.10 Å². The average Bonchev–Trinajstić information content (AvgIpc) is 2.96. The second-order valence-electron chi connectivity index (χ2n) is 9.78. The fourth-order valence-electron chi connectivity index (χ4n) is 4.88. The first-order valence-corrected chi connectivity index (χ1v) is 14.7. The molecule has 3 aromatic carbocycles. The van der Waals surface area contributed by atoms with Crippen LogP contribution in [0.4, 0.5) is 15.8 Å². The molecule has 0 spiro atoms. The summed E-state index contributed by atoms with van der Waals surface area (Å²) in [4.78, 5) is 41.9. The van der Waals surface area contributed by atoms with E-state index >= 15 is 0 Å². The Kier molecular flexibility index (Phi) is 9.07. The number of hydrogen-bond donors (Lipinski definition) is 1. The lowest BCUT2D eigenvalue weighted by Gasteiger charge is -2.22. The summed E-state index contributed by atoms with van der Waals surface area (Å²) >= 11 is 6.70. The van der Waals surface area contributed by atoms with Crippen LogP contribution in [0.3, 0.4) is 0 Å². The highest BCUT2D eigenvalue weighted by Crippen LogP contribution is 2.36. The molecule has 0 bridgehead atoms. The molecule has 1 aliphatic carbocycles. The minimum atomic E-state index is -0.642. The third-order valence-electron chi connectivity index (χ3n) is 6.82. The van der Waals surface area contributed by atoms with Crippen LogP contribution >= 0.6 is 31.9 Å². The van der Waals surface area contributed by atoms with E-state index in [1.54, 1.807) is 12.1 Å². The van der Waals surface area contributed by atoms with E-state index in [1.165, 1.54) is 41.2 Å². The molecule has 5 rings (SSSR count). The van der Waals surface area contributed by atoms with Crippen LogP contribution < -0.4 is 15.6 Å². The summed E-state index contributed by atoms with van der Waals surface area (Å²) in [6.07, 6.45) is 6.33. The smallest absolute Gasteiger partial charge is 0.312 e. The molecule has 42 heavy (non-hydrogen) atoms. The van der Waals surface area contributed by atoms with Gasteiger partial charge in [0.25, 0.3) is 11.5 Å². The SMILES string of the molecule is O=C(COc1c(Br)cc(C=Nn2c(C3CCCCC3)nc3ccc(Br)cc3c2=O)cc1[N+](=O)[O-])Nc1cccc(F)c1. The summed E-state index contributed by atoms with van der Waals surface area (Å²) < 4.78 is 21.1. The first kappa shape index (κ1) is 29.5. The van der Waals surface area contributed by atoms with Crippen molar-refractivity contribution in [1.82, 2.24) is 9.66 Å². The Labute approximate surface area is 256 Å². The van der Waals surface area contributed by atoms with E-state index in [9.17, 15) is 24.1 Å². The largest absolute Gasteiger partial charge is 0.476 e. The van der Waals surface area contributed by atoms with Crippen LogP contribution in [0.25, 0.3) is 10.9 Å². The van der Waals surface area contributed by atoms with E-state index in [0.717, 1.165) is 42.6 Å². The average molecular weight is 701 g/mol. The van der Waals surface area contributed by atoms with Gasteiger partial charge in [0.2, 0.25) is 5.75 Å². The van der Waals surface area contributed by atoms with Crippen LogP contribution in [-0.2, 0) is 4.79 Å². The van der Waals surface area contributed by atoms with Crippen molar-refractivity contribution >= 4 is 66.3 Å². The molecular weight excluding hydrogens is 677 g/mol.